The van der Waals surface area contributed by atoms with Gasteiger partial charge in [-0.25, -0.2) is 19.2 Å². The van der Waals surface area contributed by atoms with E-state index in [1.165, 1.54) is 0 Å². The molecular formula is C72H68N4O16Rh2. The molecule has 8 aromatic rings. The second-order valence-corrected chi connectivity index (χ2v) is 27.3. The molecule has 4 atom stereocenters. The van der Waals surface area contributed by atoms with Crippen molar-refractivity contribution in [2.24, 2.45) is 21.7 Å². The Hall–Kier alpha value is -9.51. The quantitative estimate of drug-likeness (QED) is 0.0812. The van der Waals surface area contributed by atoms with Crippen molar-refractivity contribution in [3.05, 3.63) is 190 Å². The van der Waals surface area contributed by atoms with E-state index in [4.69, 9.17) is 0 Å². The van der Waals surface area contributed by atoms with Crippen molar-refractivity contribution in [2.75, 3.05) is 0 Å². The number of benzene rings is 8. The zero-order valence-electron chi connectivity index (χ0n) is 53.3. The average Bonchev–Trinajstić information content (AvgIpc) is 1.62. The van der Waals surface area contributed by atoms with Crippen LogP contribution in [0.4, 0.5) is 0 Å². The number of aliphatic carboxylic acids is 4. The number of carbonyl (C=O) groups excluding carboxylic acids is 8. The molecule has 20 nitrogen and oxygen atoms in total. The molecule has 8 amide bonds. The van der Waals surface area contributed by atoms with E-state index in [1.807, 2.05) is 97.1 Å². The summed E-state index contributed by atoms with van der Waals surface area (Å²) in [6.07, 6.45) is 0. The number of fused-ring (bicyclic) bond motifs is 8. The topological polar surface area (TPSA) is 299 Å². The minimum atomic E-state index is -1.21. The number of hydrogen-bond acceptors (Lipinski definition) is 12. The van der Waals surface area contributed by atoms with E-state index in [-0.39, 0.29) is 83.5 Å². The molecule has 4 N–H and O–H groups in total. The van der Waals surface area contributed by atoms with Crippen molar-refractivity contribution in [1.82, 2.24) is 19.6 Å². The summed E-state index contributed by atoms with van der Waals surface area (Å²) in [6, 6.07) is 38.1. The molecule has 4 aliphatic heterocycles. The number of rotatable bonds is 8. The zero-order chi connectivity index (χ0) is 67.8. The Morgan fingerprint density at radius 1 is 0.255 bits per heavy atom. The van der Waals surface area contributed by atoms with E-state index in [1.54, 1.807) is 132 Å². The summed E-state index contributed by atoms with van der Waals surface area (Å²) >= 11 is 0. The number of carbonyl (C=O) groups is 12. The second kappa shape index (κ2) is 26.5. The van der Waals surface area contributed by atoms with Gasteiger partial charge in [-0.3, -0.25) is 58.0 Å². The molecule has 2 radical (unpaired) electrons. The number of hydrogen-bond donors (Lipinski definition) is 4. The molecular weight excluding hydrogens is 1380 g/mol. The van der Waals surface area contributed by atoms with Crippen LogP contribution in [0, 0.1) is 21.7 Å². The first kappa shape index (κ1) is 71.9. The summed E-state index contributed by atoms with van der Waals surface area (Å²) in [5.41, 5.74) is -0.919. The van der Waals surface area contributed by atoms with Crippen LogP contribution in [-0.2, 0) is 58.1 Å². The third-order valence-electron chi connectivity index (χ3n) is 16.4. The van der Waals surface area contributed by atoms with Gasteiger partial charge in [-0.2, -0.15) is 0 Å². The standard InChI is InChI=1S/4C18H17NO4.2Rh/c4*1-18(2,3)14(17(22)23)19-15(20)12-8-10-6-4-5-7-11(10)9-13(12)16(19)21;;/h4*4-9,14H,1-3H3,(H,22,23);;/t4*14-;;/m1100../s1. The van der Waals surface area contributed by atoms with E-state index in [0.717, 1.165) is 62.7 Å². The van der Waals surface area contributed by atoms with Gasteiger partial charge in [0.15, 0.2) is 0 Å². The van der Waals surface area contributed by atoms with Crippen LogP contribution >= 0.6 is 0 Å². The first-order chi connectivity index (χ1) is 42.9. The van der Waals surface area contributed by atoms with Crippen molar-refractivity contribution in [3.63, 3.8) is 0 Å². The smallest absolute Gasteiger partial charge is 0.327 e. The van der Waals surface area contributed by atoms with Crippen molar-refractivity contribution in [2.45, 2.75) is 107 Å². The molecule has 12 rings (SSSR count). The molecule has 22 heteroatoms. The van der Waals surface area contributed by atoms with Gasteiger partial charge < -0.3 is 20.4 Å². The van der Waals surface area contributed by atoms with Crippen molar-refractivity contribution in [3.8, 4) is 0 Å². The van der Waals surface area contributed by atoms with E-state index in [9.17, 15) is 78.0 Å². The van der Waals surface area contributed by atoms with E-state index >= 15 is 0 Å². The Kier molecular flexibility index (Phi) is 20.3. The summed E-state index contributed by atoms with van der Waals surface area (Å²) in [6.45, 7) is 20.4. The summed E-state index contributed by atoms with van der Waals surface area (Å²) in [5, 5.41) is 44.9. The molecule has 0 aromatic heterocycles. The molecule has 94 heavy (non-hydrogen) atoms. The van der Waals surface area contributed by atoms with Gasteiger partial charge in [0, 0.05) is 39.0 Å². The first-order valence-corrected chi connectivity index (χ1v) is 29.4. The van der Waals surface area contributed by atoms with Crippen LogP contribution in [0.2, 0.25) is 0 Å². The number of nitrogens with zero attached hydrogens (tertiary/aromatic N) is 4. The Bertz CT molecular complexity index is 3760. The van der Waals surface area contributed by atoms with Crippen LogP contribution in [0.1, 0.15) is 166 Å². The molecule has 0 saturated carbocycles. The number of amides is 8. The van der Waals surface area contributed by atoms with Crippen LogP contribution in [0.3, 0.4) is 0 Å². The van der Waals surface area contributed by atoms with Gasteiger partial charge in [-0.15, -0.1) is 0 Å². The Morgan fingerprint density at radius 3 is 0.447 bits per heavy atom. The monoisotopic (exact) mass is 1450 g/mol. The van der Waals surface area contributed by atoms with Gasteiger partial charge in [0.05, 0.1) is 44.5 Å². The van der Waals surface area contributed by atoms with Crippen molar-refractivity contribution < 1.29 is 117 Å². The molecule has 0 aliphatic carbocycles. The fraction of sp³-hybridized carbons (Fsp3) is 0.278. The molecule has 4 heterocycles. The normalized spacial score (nSPS) is 15.5. The van der Waals surface area contributed by atoms with E-state index < -0.39 is 117 Å². The van der Waals surface area contributed by atoms with Gasteiger partial charge in [0.2, 0.25) is 0 Å². The van der Waals surface area contributed by atoms with Gasteiger partial charge in [-0.1, -0.05) is 180 Å². The van der Waals surface area contributed by atoms with Crippen molar-refractivity contribution in [1.29, 1.82) is 0 Å². The summed E-state index contributed by atoms with van der Waals surface area (Å²) in [5.74, 6) is -9.08. The largest absolute Gasteiger partial charge is 0.480 e. The maximum absolute atomic E-state index is 12.7. The third kappa shape index (κ3) is 13.4. The molecule has 0 unspecified atom stereocenters. The molecule has 490 valence electrons. The summed E-state index contributed by atoms with van der Waals surface area (Å²) in [7, 11) is 0. The van der Waals surface area contributed by atoms with Crippen molar-refractivity contribution >= 4 is 114 Å². The second-order valence-electron chi connectivity index (χ2n) is 27.3. The summed E-state index contributed by atoms with van der Waals surface area (Å²) < 4.78 is 0. The van der Waals surface area contributed by atoms with Crippen LogP contribution in [0.25, 0.3) is 43.1 Å². The first-order valence-electron chi connectivity index (χ1n) is 29.4. The molecule has 0 fully saturated rings. The van der Waals surface area contributed by atoms with E-state index in [0.29, 0.717) is 0 Å². The Morgan fingerprint density at radius 2 is 0.362 bits per heavy atom. The fourth-order valence-corrected chi connectivity index (χ4v) is 12.2. The average molecular weight is 1450 g/mol. The maximum atomic E-state index is 12.7. The molecule has 0 spiro atoms. The predicted molar refractivity (Wildman–Crippen MR) is 341 cm³/mol. The van der Waals surface area contributed by atoms with Crippen LogP contribution < -0.4 is 0 Å². The molecule has 0 saturated heterocycles. The van der Waals surface area contributed by atoms with Crippen LogP contribution in [0.15, 0.2) is 146 Å². The molecule has 0 bridgehead atoms. The van der Waals surface area contributed by atoms with E-state index in [2.05, 4.69) is 0 Å². The molecule has 4 aliphatic rings. The van der Waals surface area contributed by atoms with Crippen LogP contribution in [0.5, 0.6) is 0 Å². The summed E-state index contributed by atoms with van der Waals surface area (Å²) in [4.78, 5) is 152. The van der Waals surface area contributed by atoms with Gasteiger partial charge in [-0.05, 0) is 113 Å². The zero-order valence-corrected chi connectivity index (χ0v) is 56.6. The Balaban J connectivity index is 0.000000176. The number of carboxylic acid groups (broad SMARTS) is 4. The SMILES string of the molecule is CC(C)(C)[C@@H](C(=O)O)N1C(=O)c2cc3ccccc3cc2C1=O.CC(C)(C)[C@@H](C(=O)O)N1C(=O)c2cc3ccccc3cc2C1=O.CC(C)(C)[C@H](C(=O)O)N1C(=O)c2cc3ccccc3cc2C1=O.CC(C)(C)[C@H](C(=O)O)N1C(=O)c2cc3ccccc3cc2C1=O.[Rh].[Rh]. The number of imide groups is 4. The third-order valence-corrected chi connectivity index (χ3v) is 16.4. The minimum absolute atomic E-state index is 0. The van der Waals surface area contributed by atoms with Gasteiger partial charge in [0.25, 0.3) is 47.3 Å². The van der Waals surface area contributed by atoms with Gasteiger partial charge >= 0.3 is 23.9 Å². The minimum Gasteiger partial charge on any atom is -0.480 e. The fourth-order valence-electron chi connectivity index (χ4n) is 12.2. The maximum Gasteiger partial charge on any atom is 0.327 e. The molecule has 8 aromatic carbocycles. The predicted octanol–water partition coefficient (Wildman–Crippen LogP) is 11.7. The number of carboxylic acids is 4. The Labute approximate surface area is 566 Å². The van der Waals surface area contributed by atoms with Crippen LogP contribution in [-0.4, -0.2) is 135 Å². The van der Waals surface area contributed by atoms with Gasteiger partial charge in [0.1, 0.15) is 24.2 Å².